The number of hydrogen-bond acceptors (Lipinski definition) is 3. The normalized spacial score (nSPS) is 9.89. The number of carboxylic acids is 1. The van der Waals surface area contributed by atoms with E-state index in [4.69, 9.17) is 9.84 Å². The minimum Gasteiger partial charge on any atom is -0.492 e. The highest BCUT2D eigenvalue weighted by molar-refractivity contribution is 5.90. The molecule has 1 aromatic carbocycles. The van der Waals surface area contributed by atoms with Crippen molar-refractivity contribution in [3.63, 3.8) is 0 Å². The average molecular weight is 255 g/mol. The first-order valence-corrected chi connectivity index (χ1v) is 5.47. The number of carbonyl (C=O) groups excluding carboxylic acids is 1. The summed E-state index contributed by atoms with van der Waals surface area (Å²) >= 11 is 0. The van der Waals surface area contributed by atoms with Gasteiger partial charge in [0.1, 0.15) is 17.1 Å². The van der Waals surface area contributed by atoms with Crippen LogP contribution in [0.15, 0.2) is 18.2 Å². The first-order valence-electron chi connectivity index (χ1n) is 5.47. The molecule has 0 aliphatic heterocycles. The smallest absolute Gasteiger partial charge is 0.339 e. The maximum atomic E-state index is 12.9. The molecule has 0 aliphatic carbocycles. The highest BCUT2D eigenvalue weighted by Crippen LogP contribution is 2.19. The summed E-state index contributed by atoms with van der Waals surface area (Å²) < 4.78 is 18.0. The van der Waals surface area contributed by atoms with Gasteiger partial charge >= 0.3 is 5.97 Å². The summed E-state index contributed by atoms with van der Waals surface area (Å²) in [6, 6.07) is 3.22. The molecule has 18 heavy (non-hydrogen) atoms. The van der Waals surface area contributed by atoms with Crippen LogP contribution in [-0.4, -0.2) is 30.1 Å². The number of nitrogens with one attached hydrogen (secondary N) is 1. The molecule has 1 amide bonds. The van der Waals surface area contributed by atoms with Crippen LogP contribution in [0.5, 0.6) is 5.75 Å². The Morgan fingerprint density at radius 1 is 1.44 bits per heavy atom. The van der Waals surface area contributed by atoms with Crippen molar-refractivity contribution in [2.75, 3.05) is 13.2 Å². The molecule has 5 nitrogen and oxygen atoms in total. The molecule has 0 heterocycles. The van der Waals surface area contributed by atoms with Gasteiger partial charge in [-0.25, -0.2) is 9.18 Å². The van der Waals surface area contributed by atoms with Crippen molar-refractivity contribution in [1.82, 2.24) is 5.32 Å². The summed E-state index contributed by atoms with van der Waals surface area (Å²) in [5, 5.41) is 11.4. The van der Waals surface area contributed by atoms with E-state index in [0.29, 0.717) is 6.54 Å². The van der Waals surface area contributed by atoms with Crippen molar-refractivity contribution in [1.29, 1.82) is 0 Å². The summed E-state index contributed by atoms with van der Waals surface area (Å²) in [5.41, 5.74) is -0.258. The number of amides is 1. The predicted molar refractivity (Wildman–Crippen MR) is 62.2 cm³/mol. The summed E-state index contributed by atoms with van der Waals surface area (Å²) in [6.45, 7) is 2.36. The lowest BCUT2D eigenvalue weighted by Gasteiger charge is -2.09. The van der Waals surface area contributed by atoms with Gasteiger partial charge in [-0.2, -0.15) is 0 Å². The number of carbonyl (C=O) groups is 2. The molecule has 0 aromatic heterocycles. The molecular weight excluding hydrogens is 241 g/mol. The van der Waals surface area contributed by atoms with Crippen molar-refractivity contribution >= 4 is 11.9 Å². The largest absolute Gasteiger partial charge is 0.492 e. The van der Waals surface area contributed by atoms with Crippen molar-refractivity contribution in [2.24, 2.45) is 0 Å². The highest BCUT2D eigenvalue weighted by Gasteiger charge is 2.12. The molecule has 1 rings (SSSR count). The van der Waals surface area contributed by atoms with Gasteiger partial charge in [0, 0.05) is 6.54 Å². The van der Waals surface area contributed by atoms with Crippen LogP contribution in [0.1, 0.15) is 23.7 Å². The number of hydrogen-bond donors (Lipinski definition) is 2. The Hall–Kier alpha value is -2.11. The number of aromatic carboxylic acids is 1. The molecule has 0 radical (unpaired) electrons. The van der Waals surface area contributed by atoms with Gasteiger partial charge in [-0.1, -0.05) is 0 Å². The molecule has 0 unspecified atom stereocenters. The summed E-state index contributed by atoms with van der Waals surface area (Å²) in [4.78, 5) is 22.0. The van der Waals surface area contributed by atoms with Gasteiger partial charge in [0.15, 0.2) is 0 Å². The first-order chi connectivity index (χ1) is 8.54. The lowest BCUT2D eigenvalue weighted by molar-refractivity contribution is -0.121. The quantitative estimate of drug-likeness (QED) is 0.806. The van der Waals surface area contributed by atoms with Crippen LogP contribution < -0.4 is 10.1 Å². The minimum absolute atomic E-state index is 0.0394. The highest BCUT2D eigenvalue weighted by atomic mass is 19.1. The van der Waals surface area contributed by atoms with E-state index in [1.165, 1.54) is 6.07 Å². The minimum atomic E-state index is -1.28. The molecule has 0 spiro atoms. The van der Waals surface area contributed by atoms with E-state index in [9.17, 15) is 14.0 Å². The molecule has 0 bridgehead atoms. The van der Waals surface area contributed by atoms with Crippen molar-refractivity contribution in [3.05, 3.63) is 29.6 Å². The maximum Gasteiger partial charge on any atom is 0.339 e. The van der Waals surface area contributed by atoms with E-state index in [2.05, 4.69) is 5.32 Å². The van der Waals surface area contributed by atoms with E-state index in [1.807, 2.05) is 0 Å². The van der Waals surface area contributed by atoms with E-state index >= 15 is 0 Å². The van der Waals surface area contributed by atoms with Crippen LogP contribution in [0.2, 0.25) is 0 Å². The fourth-order valence-corrected chi connectivity index (χ4v) is 1.33. The van der Waals surface area contributed by atoms with Crippen LogP contribution in [0.3, 0.4) is 0 Å². The van der Waals surface area contributed by atoms with Crippen molar-refractivity contribution in [3.8, 4) is 5.75 Å². The Bertz CT molecular complexity index is 448. The lowest BCUT2D eigenvalue weighted by Crippen LogP contribution is -2.24. The number of halogens is 1. The Morgan fingerprint density at radius 3 is 2.78 bits per heavy atom. The SMILES string of the molecule is CCNC(=O)CCOc1ccc(F)cc1C(=O)O. The number of benzene rings is 1. The van der Waals surface area contributed by atoms with Gasteiger partial charge in [0.05, 0.1) is 13.0 Å². The monoisotopic (exact) mass is 255 g/mol. The second kappa shape index (κ2) is 6.58. The molecule has 2 N–H and O–H groups in total. The van der Waals surface area contributed by atoms with Crippen LogP contribution in [0.4, 0.5) is 4.39 Å². The van der Waals surface area contributed by atoms with Crippen LogP contribution in [0, 0.1) is 5.82 Å². The average Bonchev–Trinajstić information content (AvgIpc) is 2.31. The van der Waals surface area contributed by atoms with Crippen LogP contribution in [-0.2, 0) is 4.79 Å². The molecule has 0 atom stereocenters. The summed E-state index contributed by atoms with van der Waals surface area (Å²) in [7, 11) is 0. The molecule has 0 fully saturated rings. The maximum absolute atomic E-state index is 12.9. The van der Waals surface area contributed by atoms with Gasteiger partial charge in [0.2, 0.25) is 5.91 Å². The van der Waals surface area contributed by atoms with Crippen LogP contribution >= 0.6 is 0 Å². The zero-order chi connectivity index (χ0) is 13.5. The Kier molecular flexibility index (Phi) is 5.10. The Morgan fingerprint density at radius 2 is 2.17 bits per heavy atom. The van der Waals surface area contributed by atoms with E-state index in [1.54, 1.807) is 6.92 Å². The van der Waals surface area contributed by atoms with Gasteiger partial charge in [-0.05, 0) is 25.1 Å². The Labute approximate surface area is 104 Å². The fourth-order valence-electron chi connectivity index (χ4n) is 1.33. The summed E-state index contributed by atoms with van der Waals surface area (Å²) in [6.07, 6.45) is 0.115. The van der Waals surface area contributed by atoms with Gasteiger partial charge in [0.25, 0.3) is 0 Å². The van der Waals surface area contributed by atoms with E-state index in [-0.39, 0.29) is 30.2 Å². The van der Waals surface area contributed by atoms with E-state index in [0.717, 1.165) is 12.1 Å². The molecule has 1 aromatic rings. The molecule has 98 valence electrons. The second-order valence-electron chi connectivity index (χ2n) is 3.50. The first kappa shape index (κ1) is 14.0. The molecule has 0 saturated carbocycles. The third-order valence-electron chi connectivity index (χ3n) is 2.13. The third kappa shape index (κ3) is 4.04. The van der Waals surface area contributed by atoms with Gasteiger partial charge in [-0.3, -0.25) is 4.79 Å². The Balaban J connectivity index is 2.62. The molecule has 0 aliphatic rings. The predicted octanol–water partition coefficient (Wildman–Crippen LogP) is 1.43. The topological polar surface area (TPSA) is 75.6 Å². The molecule has 0 saturated heterocycles. The third-order valence-corrected chi connectivity index (χ3v) is 2.13. The number of carboxylic acid groups (broad SMARTS) is 1. The zero-order valence-corrected chi connectivity index (χ0v) is 9.90. The van der Waals surface area contributed by atoms with Gasteiger partial charge < -0.3 is 15.2 Å². The van der Waals surface area contributed by atoms with E-state index < -0.39 is 11.8 Å². The number of rotatable bonds is 6. The van der Waals surface area contributed by atoms with Crippen LogP contribution in [0.25, 0.3) is 0 Å². The second-order valence-corrected chi connectivity index (χ2v) is 3.50. The zero-order valence-electron chi connectivity index (χ0n) is 9.90. The van der Waals surface area contributed by atoms with Gasteiger partial charge in [-0.15, -0.1) is 0 Å². The lowest BCUT2D eigenvalue weighted by atomic mass is 10.2. The fraction of sp³-hybridized carbons (Fsp3) is 0.333. The molecule has 6 heteroatoms. The standard InChI is InChI=1S/C12H14FNO4/c1-2-14-11(15)5-6-18-10-4-3-8(13)7-9(10)12(16)17/h3-4,7H,2,5-6H2,1H3,(H,14,15)(H,16,17). The molecular formula is C12H14FNO4. The van der Waals surface area contributed by atoms with Crippen molar-refractivity contribution in [2.45, 2.75) is 13.3 Å². The summed E-state index contributed by atoms with van der Waals surface area (Å²) in [5.74, 6) is -2.06. The van der Waals surface area contributed by atoms with Crippen molar-refractivity contribution < 1.29 is 23.8 Å². The number of ether oxygens (including phenoxy) is 1.